The lowest BCUT2D eigenvalue weighted by atomic mass is 9.94. The molecule has 66 heavy (non-hydrogen) atoms. The molecule has 4 aromatic rings. The summed E-state index contributed by atoms with van der Waals surface area (Å²) in [5, 5.41) is 12.4. The zero-order valence-electron chi connectivity index (χ0n) is 38.5. The number of carbonyl (C=O) groups is 6. The number of carbonyl (C=O) groups excluding carboxylic acids is 6. The van der Waals surface area contributed by atoms with Crippen LogP contribution in [0.1, 0.15) is 132 Å². The maximum atomic E-state index is 13.8. The third kappa shape index (κ3) is 12.8. The van der Waals surface area contributed by atoms with E-state index in [0.29, 0.717) is 11.4 Å². The first kappa shape index (κ1) is 48.9. The number of hydrogen-bond acceptors (Lipinski definition) is 14. The lowest BCUT2D eigenvalue weighted by Gasteiger charge is -2.19. The van der Waals surface area contributed by atoms with E-state index in [-0.39, 0.29) is 87.4 Å². The molecule has 6 rings (SSSR count). The maximum Gasteiger partial charge on any atom is 0.323 e. The Hall–Kier alpha value is -6.52. The second-order valence-electron chi connectivity index (χ2n) is 16.3. The molecule has 2 aliphatic carbocycles. The first-order chi connectivity index (χ1) is 31.8. The van der Waals surface area contributed by atoms with Crippen LogP contribution in [0.5, 0.6) is 0 Å². The van der Waals surface area contributed by atoms with E-state index in [9.17, 15) is 28.8 Å². The number of pyridine rings is 2. The molecule has 0 radical (unpaired) electrons. The number of amides is 2. The van der Waals surface area contributed by atoms with Gasteiger partial charge in [-0.2, -0.15) is 0 Å². The maximum absolute atomic E-state index is 13.8. The Kier molecular flexibility index (Phi) is 17.1. The van der Waals surface area contributed by atoms with Gasteiger partial charge in [0.05, 0.1) is 39.3 Å². The van der Waals surface area contributed by atoms with E-state index in [1.165, 1.54) is 0 Å². The highest BCUT2D eigenvalue weighted by Gasteiger charge is 2.31. The van der Waals surface area contributed by atoms with Gasteiger partial charge in [-0.3, -0.25) is 49.4 Å². The largest absolute Gasteiger partial charge is 0.466 e. The van der Waals surface area contributed by atoms with E-state index in [2.05, 4.69) is 31.2 Å². The summed E-state index contributed by atoms with van der Waals surface area (Å²) in [7, 11) is 0. The Balaban J connectivity index is 1.14. The second kappa shape index (κ2) is 23.1. The molecular weight excluding hydrogens is 845 g/mol. The molecule has 0 bridgehead atoms. The highest BCUT2D eigenvalue weighted by molar-refractivity contribution is 6.05. The van der Waals surface area contributed by atoms with Crippen LogP contribution >= 0.6 is 0 Å². The topological polar surface area (TPSA) is 213 Å². The molecule has 0 saturated heterocycles. The summed E-state index contributed by atoms with van der Waals surface area (Å²) in [4.78, 5) is 86.4. The molecule has 2 aliphatic rings. The smallest absolute Gasteiger partial charge is 0.323 e. The quantitative estimate of drug-likeness (QED) is 0.0438. The molecule has 2 saturated carbocycles. The van der Waals surface area contributed by atoms with E-state index in [1.807, 2.05) is 50.2 Å². The summed E-state index contributed by atoms with van der Waals surface area (Å²) in [6.45, 7) is 11.9. The highest BCUT2D eigenvalue weighted by atomic mass is 16.5. The number of nitrogens with zero attached hydrogens (tertiary/aromatic N) is 2. The molecule has 2 amide bonds. The van der Waals surface area contributed by atoms with Crippen molar-refractivity contribution < 1.29 is 47.7 Å². The van der Waals surface area contributed by atoms with Crippen molar-refractivity contribution in [1.82, 2.24) is 20.6 Å². The van der Waals surface area contributed by atoms with Gasteiger partial charge in [0.25, 0.3) is 11.8 Å². The Morgan fingerprint density at radius 2 is 0.955 bits per heavy atom. The second-order valence-corrected chi connectivity index (χ2v) is 16.3. The van der Waals surface area contributed by atoms with Crippen molar-refractivity contribution in [3.63, 3.8) is 0 Å². The van der Waals surface area contributed by atoms with Crippen LogP contribution in [0, 0.1) is 13.8 Å². The zero-order valence-corrected chi connectivity index (χ0v) is 38.5. The standard InChI is InChI=1S/C50H60N6O10/c1-7-63-45(57)23-43(49(61)65-9-3)53-27-33-25-51-41(21-37(33)31-17-18-31)47(59)55-39-15-11-13-35(29(39)5)36-14-12-16-40(30(36)6)56-48(60)42-22-38(32-19-20-32)34(26-52-42)28-54-44(50(62)66-10-4)24-46(58)64-8-2/h11-16,21-22,25-26,31-32,43-44,53-54H,7-10,17-20,23-24,27-28H2,1-6H3,(H,55,59)(H,56,60)/t43-,44-/m0/s1. The van der Waals surface area contributed by atoms with Crippen molar-refractivity contribution in [1.29, 1.82) is 0 Å². The molecule has 2 atom stereocenters. The SMILES string of the molecule is CCOC(=O)C[C@H](NCc1cnc(C(=O)Nc2cccc(-c3cccc(NC(=O)c4cc(C5CC5)c(CN[C@@H](CC(=O)OCC)C(=O)OCC)cn4)c3C)c2C)cc1C1CC1)C(=O)OCC. The molecule has 0 aliphatic heterocycles. The molecule has 350 valence electrons. The van der Waals surface area contributed by atoms with E-state index in [4.69, 9.17) is 18.9 Å². The van der Waals surface area contributed by atoms with Crippen molar-refractivity contribution in [3.05, 3.63) is 106 Å². The Morgan fingerprint density at radius 1 is 0.576 bits per heavy atom. The van der Waals surface area contributed by atoms with Crippen molar-refractivity contribution in [2.24, 2.45) is 0 Å². The van der Waals surface area contributed by atoms with Crippen molar-refractivity contribution in [2.75, 3.05) is 37.1 Å². The number of benzene rings is 2. The van der Waals surface area contributed by atoms with Gasteiger partial charge in [-0.05, 0) is 148 Å². The number of hydrogen-bond donors (Lipinski definition) is 4. The minimum absolute atomic E-state index is 0.173. The fraction of sp³-hybridized carbons (Fsp3) is 0.440. The van der Waals surface area contributed by atoms with Crippen molar-refractivity contribution >= 4 is 47.1 Å². The Bertz CT molecular complexity index is 2260. The van der Waals surface area contributed by atoms with Gasteiger partial charge in [0.1, 0.15) is 23.5 Å². The molecule has 0 unspecified atom stereocenters. The van der Waals surface area contributed by atoms with E-state index >= 15 is 0 Å². The lowest BCUT2D eigenvalue weighted by Crippen LogP contribution is -2.40. The number of esters is 4. The first-order valence-electron chi connectivity index (χ1n) is 22.8. The van der Waals surface area contributed by atoms with Gasteiger partial charge in [0.15, 0.2) is 0 Å². The summed E-state index contributed by atoms with van der Waals surface area (Å²) in [6.07, 6.45) is 6.79. The zero-order chi connectivity index (χ0) is 47.3. The summed E-state index contributed by atoms with van der Waals surface area (Å²) < 4.78 is 20.5. The Labute approximate surface area is 385 Å². The van der Waals surface area contributed by atoms with Crippen LogP contribution in [0.3, 0.4) is 0 Å². The average molecular weight is 905 g/mol. The predicted octanol–water partition coefficient (Wildman–Crippen LogP) is 6.97. The fourth-order valence-corrected chi connectivity index (χ4v) is 7.79. The van der Waals surface area contributed by atoms with Crippen LogP contribution < -0.4 is 21.3 Å². The monoisotopic (exact) mass is 904 g/mol. The summed E-state index contributed by atoms with van der Waals surface area (Å²) >= 11 is 0. The number of anilines is 2. The van der Waals surface area contributed by atoms with Crippen LogP contribution in [-0.2, 0) is 51.2 Å². The summed E-state index contributed by atoms with van der Waals surface area (Å²) in [5.74, 6) is -2.35. The third-order valence-corrected chi connectivity index (χ3v) is 11.6. The summed E-state index contributed by atoms with van der Waals surface area (Å²) in [6, 6.07) is 13.1. The molecule has 0 spiro atoms. The van der Waals surface area contributed by atoms with Crippen molar-refractivity contribution in [3.8, 4) is 11.1 Å². The number of ether oxygens (including phenoxy) is 4. The molecule has 4 N–H and O–H groups in total. The average Bonchev–Trinajstić information content (AvgIpc) is 4.24. The molecule has 16 heteroatoms. The number of aromatic nitrogens is 2. The van der Waals surface area contributed by atoms with Gasteiger partial charge in [-0.1, -0.05) is 24.3 Å². The normalized spacial score (nSPS) is 14.1. The minimum atomic E-state index is -0.897. The van der Waals surface area contributed by atoms with E-state index in [0.717, 1.165) is 70.2 Å². The van der Waals surface area contributed by atoms with Gasteiger partial charge >= 0.3 is 23.9 Å². The molecule has 2 aromatic heterocycles. The van der Waals surface area contributed by atoms with Gasteiger partial charge in [-0.15, -0.1) is 0 Å². The number of nitrogens with one attached hydrogen (secondary N) is 4. The van der Waals surface area contributed by atoms with Crippen molar-refractivity contribution in [2.45, 2.75) is 117 Å². The van der Waals surface area contributed by atoms with Gasteiger partial charge in [0.2, 0.25) is 0 Å². The van der Waals surface area contributed by atoms with Crippen LogP contribution in [0.2, 0.25) is 0 Å². The summed E-state index contributed by atoms with van der Waals surface area (Å²) in [5.41, 5.74) is 8.63. The van der Waals surface area contributed by atoms with Crippen LogP contribution in [-0.4, -0.2) is 84.2 Å². The third-order valence-electron chi connectivity index (χ3n) is 11.6. The van der Waals surface area contributed by atoms with E-state index < -0.39 is 36.0 Å². The molecule has 2 aromatic carbocycles. The first-order valence-corrected chi connectivity index (χ1v) is 22.8. The van der Waals surface area contributed by atoms with Gasteiger partial charge in [-0.25, -0.2) is 0 Å². The van der Waals surface area contributed by atoms with E-state index in [1.54, 1.807) is 52.2 Å². The fourth-order valence-electron chi connectivity index (χ4n) is 7.79. The minimum Gasteiger partial charge on any atom is -0.466 e. The number of rotatable bonds is 23. The Morgan fingerprint density at radius 3 is 1.30 bits per heavy atom. The molecular formula is C50H60N6O10. The van der Waals surface area contributed by atoms with Crippen LogP contribution in [0.15, 0.2) is 60.9 Å². The molecule has 16 nitrogen and oxygen atoms in total. The molecule has 2 heterocycles. The predicted molar refractivity (Wildman–Crippen MR) is 247 cm³/mol. The highest BCUT2D eigenvalue weighted by Crippen LogP contribution is 2.43. The lowest BCUT2D eigenvalue weighted by molar-refractivity contribution is -0.152. The molecule has 2 fully saturated rings. The van der Waals surface area contributed by atoms with Gasteiger partial charge in [0, 0.05) is 36.9 Å². The van der Waals surface area contributed by atoms with Gasteiger partial charge < -0.3 is 29.6 Å². The van der Waals surface area contributed by atoms with Crippen LogP contribution in [0.25, 0.3) is 11.1 Å². The van der Waals surface area contributed by atoms with Crippen LogP contribution in [0.4, 0.5) is 11.4 Å².